The lowest BCUT2D eigenvalue weighted by Gasteiger charge is -2.24. The predicted molar refractivity (Wildman–Crippen MR) is 268 cm³/mol. The van der Waals surface area contributed by atoms with Gasteiger partial charge in [0.15, 0.2) is 0 Å². The maximum atomic E-state index is 13.2. The molecule has 0 aliphatic rings. The van der Waals surface area contributed by atoms with Crippen molar-refractivity contribution in [3.8, 4) is 0 Å². The summed E-state index contributed by atoms with van der Waals surface area (Å²) in [5.41, 5.74) is 0. The lowest BCUT2D eigenvalue weighted by Crippen LogP contribution is -2.46. The third-order valence-corrected chi connectivity index (χ3v) is 11.0. The molecule has 6 heteroatoms. The number of hydrogen-bond donors (Lipinski definition) is 3. The van der Waals surface area contributed by atoms with Crippen LogP contribution in [0.2, 0.25) is 0 Å². The quantitative estimate of drug-likeness (QED) is 0.0245. The number of ether oxygens (including phenoxy) is 1. The number of nitrogens with one attached hydrogen (secondary N) is 1. The van der Waals surface area contributed by atoms with E-state index in [9.17, 15) is 19.8 Å². The van der Waals surface area contributed by atoms with Crippen LogP contribution in [0.25, 0.3) is 0 Å². The zero-order valence-corrected chi connectivity index (χ0v) is 40.2. The molecule has 6 nitrogen and oxygen atoms in total. The van der Waals surface area contributed by atoms with Gasteiger partial charge in [-0.15, -0.1) is 0 Å². The van der Waals surface area contributed by atoms with E-state index in [0.717, 1.165) is 83.5 Å². The third-order valence-electron chi connectivity index (χ3n) is 11.0. The van der Waals surface area contributed by atoms with Gasteiger partial charge >= 0.3 is 5.97 Å². The Balaban J connectivity index is 4.76. The van der Waals surface area contributed by atoms with Gasteiger partial charge in [0.1, 0.15) is 6.10 Å². The number of unbranched alkanes of at least 4 members (excludes halogenated alkanes) is 20. The molecule has 0 fully saturated rings. The zero-order chi connectivity index (χ0) is 45.2. The Bertz CT molecular complexity index is 1240. The second kappa shape index (κ2) is 48.8. The van der Waals surface area contributed by atoms with E-state index >= 15 is 0 Å². The van der Waals surface area contributed by atoms with E-state index in [1.165, 1.54) is 89.9 Å². The maximum absolute atomic E-state index is 13.2. The Hall–Kier alpha value is -3.22. The van der Waals surface area contributed by atoms with Crippen LogP contribution in [-0.4, -0.2) is 46.9 Å². The minimum atomic E-state index is -0.811. The lowest BCUT2D eigenvalue weighted by molar-refractivity contribution is -0.151. The van der Waals surface area contributed by atoms with Gasteiger partial charge in [-0.2, -0.15) is 0 Å². The highest BCUT2D eigenvalue weighted by molar-refractivity contribution is 5.77. The molecule has 0 saturated heterocycles. The molecular weight excluding hydrogens is 767 g/mol. The van der Waals surface area contributed by atoms with Gasteiger partial charge in [0.2, 0.25) is 5.91 Å². The molecule has 0 aromatic rings. The molecule has 0 aromatic carbocycles. The van der Waals surface area contributed by atoms with Crippen LogP contribution < -0.4 is 5.32 Å². The van der Waals surface area contributed by atoms with Gasteiger partial charge in [-0.25, -0.2) is 0 Å². The summed E-state index contributed by atoms with van der Waals surface area (Å²) in [7, 11) is 0. The topological polar surface area (TPSA) is 95.9 Å². The molecule has 0 heterocycles. The first kappa shape index (κ1) is 58.8. The highest BCUT2D eigenvalue weighted by atomic mass is 16.5. The van der Waals surface area contributed by atoms with Crippen molar-refractivity contribution in [3.05, 3.63) is 97.2 Å². The molecule has 3 atom stereocenters. The molecule has 0 aliphatic heterocycles. The molecule has 3 unspecified atom stereocenters. The molecular formula is C56H95NO5. The lowest BCUT2D eigenvalue weighted by atomic mass is 10.0. The molecule has 1 amide bonds. The Morgan fingerprint density at radius 3 is 1.50 bits per heavy atom. The monoisotopic (exact) mass is 862 g/mol. The molecule has 0 spiro atoms. The molecule has 0 saturated carbocycles. The molecule has 0 radical (unpaired) electrons. The highest BCUT2D eigenvalue weighted by Gasteiger charge is 2.24. The Morgan fingerprint density at radius 2 is 0.935 bits per heavy atom. The van der Waals surface area contributed by atoms with Gasteiger partial charge in [-0.1, -0.05) is 221 Å². The number of aliphatic hydroxyl groups is 2. The molecule has 354 valence electrons. The van der Waals surface area contributed by atoms with E-state index in [4.69, 9.17) is 4.74 Å². The summed E-state index contributed by atoms with van der Waals surface area (Å²) in [6, 6.07) is -0.728. The molecule has 0 aromatic heterocycles. The van der Waals surface area contributed by atoms with Crippen molar-refractivity contribution in [2.45, 2.75) is 238 Å². The second-order valence-corrected chi connectivity index (χ2v) is 17.0. The van der Waals surface area contributed by atoms with Gasteiger partial charge < -0.3 is 20.3 Å². The summed E-state index contributed by atoms with van der Waals surface area (Å²) in [6.07, 6.45) is 64.6. The minimum absolute atomic E-state index is 0.0288. The summed E-state index contributed by atoms with van der Waals surface area (Å²) >= 11 is 0. The first-order valence-electron chi connectivity index (χ1n) is 25.5. The van der Waals surface area contributed by atoms with E-state index in [-0.39, 0.29) is 24.9 Å². The standard InChI is InChI=1S/C56H95NO5/c1-4-7-10-13-16-19-22-25-27-30-32-35-38-41-44-47-52(62-56(61)49-46-43-40-37-34-31-28-26-23-20-17-14-11-8-5-2)50-55(60)57-53(51-58)54(59)48-45-42-39-36-33-29-24-21-18-15-12-9-6-3/h8,11,14,16-17,19-20,23,25-28,31-32,34-35,52-54,58-59H,4-7,9-10,12-13,15,18,21-22,24,29-30,33,36-51H2,1-3H3,(H,57,60)/b11-8+,17-14+,19-16-,23-20-,27-25-,28-26-,34-31+,35-32-. The normalized spacial score (nSPS) is 14.1. The smallest absolute Gasteiger partial charge is 0.306 e. The number of aliphatic hydroxyl groups excluding tert-OH is 2. The van der Waals surface area contributed by atoms with E-state index in [1.807, 2.05) is 42.5 Å². The largest absolute Gasteiger partial charge is 0.462 e. The number of rotatable bonds is 44. The van der Waals surface area contributed by atoms with Crippen LogP contribution in [0.5, 0.6) is 0 Å². The third kappa shape index (κ3) is 43.4. The van der Waals surface area contributed by atoms with Crippen LogP contribution in [0, 0.1) is 0 Å². The molecule has 0 rings (SSSR count). The number of esters is 1. The fourth-order valence-electron chi connectivity index (χ4n) is 7.16. The zero-order valence-electron chi connectivity index (χ0n) is 40.2. The first-order chi connectivity index (χ1) is 30.5. The van der Waals surface area contributed by atoms with Crippen molar-refractivity contribution in [3.63, 3.8) is 0 Å². The van der Waals surface area contributed by atoms with E-state index in [1.54, 1.807) is 0 Å². The summed E-state index contributed by atoms with van der Waals surface area (Å²) in [5, 5.41) is 23.7. The average molecular weight is 862 g/mol. The fourth-order valence-corrected chi connectivity index (χ4v) is 7.16. The predicted octanol–water partition coefficient (Wildman–Crippen LogP) is 15.3. The van der Waals surface area contributed by atoms with Crippen molar-refractivity contribution in [2.24, 2.45) is 0 Å². The number of allylic oxidation sites excluding steroid dienone is 16. The molecule has 0 aliphatic carbocycles. The summed E-state index contributed by atoms with van der Waals surface area (Å²) in [5.74, 6) is -0.568. The van der Waals surface area contributed by atoms with E-state index in [2.05, 4.69) is 80.8 Å². The second-order valence-electron chi connectivity index (χ2n) is 17.0. The van der Waals surface area contributed by atoms with Crippen LogP contribution in [0.1, 0.15) is 220 Å². The first-order valence-corrected chi connectivity index (χ1v) is 25.5. The minimum Gasteiger partial charge on any atom is -0.462 e. The van der Waals surface area contributed by atoms with E-state index < -0.39 is 18.2 Å². The average Bonchev–Trinajstić information content (AvgIpc) is 3.26. The SMILES string of the molecule is CC/C=C/C=C/C=C\C=C/C=C/CCCCCC(=O)OC(CCCC/C=C\C/C=C\C/C=C\CCCCC)CC(=O)NC(CO)C(O)CCCCCCCCCCCCCCC. The maximum Gasteiger partial charge on any atom is 0.306 e. The van der Waals surface area contributed by atoms with Gasteiger partial charge in [0.25, 0.3) is 0 Å². The molecule has 0 bridgehead atoms. The van der Waals surface area contributed by atoms with Crippen molar-refractivity contribution >= 4 is 11.9 Å². The van der Waals surface area contributed by atoms with Crippen LogP contribution in [0.15, 0.2) is 97.2 Å². The fraction of sp³-hybridized carbons (Fsp3) is 0.679. The Kier molecular flexibility index (Phi) is 46.3. The van der Waals surface area contributed by atoms with Crippen LogP contribution in [0.4, 0.5) is 0 Å². The number of hydrogen-bond acceptors (Lipinski definition) is 5. The van der Waals surface area contributed by atoms with Gasteiger partial charge in [-0.3, -0.25) is 9.59 Å². The van der Waals surface area contributed by atoms with Crippen molar-refractivity contribution < 1.29 is 24.5 Å². The van der Waals surface area contributed by atoms with Crippen LogP contribution in [0.3, 0.4) is 0 Å². The number of carbonyl (C=O) groups is 2. The van der Waals surface area contributed by atoms with Crippen LogP contribution in [-0.2, 0) is 14.3 Å². The van der Waals surface area contributed by atoms with Gasteiger partial charge in [0.05, 0.1) is 25.2 Å². The summed E-state index contributed by atoms with van der Waals surface area (Å²) in [6.45, 7) is 6.28. The molecule has 3 N–H and O–H groups in total. The van der Waals surface area contributed by atoms with E-state index in [0.29, 0.717) is 19.3 Å². The van der Waals surface area contributed by atoms with Gasteiger partial charge in [-0.05, 0) is 83.5 Å². The highest BCUT2D eigenvalue weighted by Crippen LogP contribution is 2.17. The Morgan fingerprint density at radius 1 is 0.500 bits per heavy atom. The molecule has 62 heavy (non-hydrogen) atoms. The number of carbonyl (C=O) groups excluding carboxylic acids is 2. The number of amides is 1. The van der Waals surface area contributed by atoms with Crippen molar-refractivity contribution in [1.29, 1.82) is 0 Å². The van der Waals surface area contributed by atoms with Gasteiger partial charge in [0, 0.05) is 6.42 Å². The van der Waals surface area contributed by atoms with Crippen LogP contribution >= 0.6 is 0 Å². The summed E-state index contributed by atoms with van der Waals surface area (Å²) in [4.78, 5) is 26.1. The van der Waals surface area contributed by atoms with Crippen molar-refractivity contribution in [2.75, 3.05) is 6.61 Å². The Labute approximate surface area is 382 Å². The van der Waals surface area contributed by atoms with Crippen molar-refractivity contribution in [1.82, 2.24) is 5.32 Å². The summed E-state index contributed by atoms with van der Waals surface area (Å²) < 4.78 is 5.89.